The van der Waals surface area contributed by atoms with Gasteiger partial charge in [-0.15, -0.1) is 0 Å². The van der Waals surface area contributed by atoms with Crippen molar-refractivity contribution in [1.82, 2.24) is 10.2 Å². The number of benzene rings is 2. The molecule has 0 fully saturated rings. The van der Waals surface area contributed by atoms with Gasteiger partial charge in [-0.1, -0.05) is 24.3 Å². The van der Waals surface area contributed by atoms with E-state index in [0.29, 0.717) is 23.3 Å². The third-order valence-electron chi connectivity index (χ3n) is 4.65. The quantitative estimate of drug-likeness (QED) is 0.587. The number of nitrogens with zero attached hydrogens (tertiary/aromatic N) is 1. The fourth-order valence-electron chi connectivity index (χ4n) is 3.04. The van der Waals surface area contributed by atoms with Gasteiger partial charge in [-0.25, -0.2) is 4.39 Å². The molecule has 0 spiro atoms. The lowest BCUT2D eigenvalue weighted by atomic mass is 10.0. The van der Waals surface area contributed by atoms with Crippen LogP contribution in [0.2, 0.25) is 0 Å². The van der Waals surface area contributed by atoms with Crippen LogP contribution >= 0.6 is 0 Å². The fourth-order valence-corrected chi connectivity index (χ4v) is 3.04. The molecular weight excluding hydrogens is 375 g/mol. The lowest BCUT2D eigenvalue weighted by molar-refractivity contribution is -0.126. The van der Waals surface area contributed by atoms with E-state index in [1.165, 1.54) is 12.1 Å². The zero-order valence-electron chi connectivity index (χ0n) is 16.6. The first kappa shape index (κ1) is 22.2. The highest BCUT2D eigenvalue weighted by molar-refractivity contribution is 5.82. The van der Waals surface area contributed by atoms with Crippen LogP contribution in [-0.4, -0.2) is 43.5 Å². The Kier molecular flexibility index (Phi) is 8.48. The number of nitrogens with one attached hydrogen (secondary N) is 1. The fraction of sp³-hybridized carbons (Fsp3) is 0.318. The molecule has 154 valence electrons. The second kappa shape index (κ2) is 11.1. The van der Waals surface area contributed by atoms with Crippen LogP contribution < -0.4 is 10.1 Å². The van der Waals surface area contributed by atoms with Crippen LogP contribution in [0.1, 0.15) is 34.3 Å². The van der Waals surface area contributed by atoms with Crippen molar-refractivity contribution < 1.29 is 23.5 Å². The van der Waals surface area contributed by atoms with Crippen molar-refractivity contribution in [2.75, 3.05) is 14.1 Å². The van der Waals surface area contributed by atoms with Crippen LogP contribution in [-0.2, 0) is 22.7 Å². The summed E-state index contributed by atoms with van der Waals surface area (Å²) in [5.74, 6) is -0.0156. The van der Waals surface area contributed by atoms with E-state index in [2.05, 4.69) is 5.32 Å². The number of carbonyl (C=O) groups excluding carboxylic acids is 3. The van der Waals surface area contributed by atoms with Crippen molar-refractivity contribution in [1.29, 1.82) is 0 Å². The summed E-state index contributed by atoms with van der Waals surface area (Å²) in [6.07, 6.45) is 2.15. The molecule has 2 aromatic carbocycles. The number of likely N-dealkylation sites (N-methyl/N-ethyl adjacent to an activating group) is 2. The number of hydrogen-bond acceptors (Lipinski definition) is 5. The molecular formula is C22H25FN2O4. The Labute approximate surface area is 169 Å². The number of amides is 1. The molecule has 0 aliphatic heterocycles. The molecule has 29 heavy (non-hydrogen) atoms. The Balaban J connectivity index is 2.22. The van der Waals surface area contributed by atoms with Crippen LogP contribution in [0.5, 0.6) is 5.75 Å². The lowest BCUT2D eigenvalue weighted by Crippen LogP contribution is -2.43. The first-order chi connectivity index (χ1) is 14.0. The van der Waals surface area contributed by atoms with Gasteiger partial charge in [0.15, 0.2) is 6.29 Å². The van der Waals surface area contributed by atoms with Gasteiger partial charge in [0.1, 0.15) is 24.5 Å². The molecule has 0 saturated carbocycles. The average molecular weight is 400 g/mol. The van der Waals surface area contributed by atoms with Gasteiger partial charge in [-0.3, -0.25) is 14.5 Å². The van der Waals surface area contributed by atoms with Gasteiger partial charge >= 0.3 is 0 Å². The standard InChI is InChI=1S/C22H25FN2O4/c1-24-22(28)20(6-4-12-26)25(2)13-19-17(14-27)5-3-7-21(19)29-15-16-8-10-18(23)11-9-16/h3,5,7-12,14,20H,4,6,13,15H2,1-2H3,(H,24,28). The molecule has 2 aromatic rings. The predicted molar refractivity (Wildman–Crippen MR) is 107 cm³/mol. The van der Waals surface area contributed by atoms with Gasteiger partial charge in [0.05, 0.1) is 6.04 Å². The van der Waals surface area contributed by atoms with Crippen molar-refractivity contribution in [2.45, 2.75) is 32.0 Å². The van der Waals surface area contributed by atoms with Crippen molar-refractivity contribution in [3.05, 3.63) is 65.0 Å². The van der Waals surface area contributed by atoms with E-state index in [-0.39, 0.29) is 31.3 Å². The van der Waals surface area contributed by atoms with Gasteiger partial charge in [0.25, 0.3) is 0 Å². The number of aldehydes is 2. The maximum Gasteiger partial charge on any atom is 0.237 e. The number of halogens is 1. The third-order valence-corrected chi connectivity index (χ3v) is 4.65. The molecule has 7 heteroatoms. The van der Waals surface area contributed by atoms with Crippen molar-refractivity contribution in [3.63, 3.8) is 0 Å². The molecule has 0 bridgehead atoms. The van der Waals surface area contributed by atoms with E-state index in [1.54, 1.807) is 49.3 Å². The number of carbonyl (C=O) groups is 3. The molecule has 0 heterocycles. The lowest BCUT2D eigenvalue weighted by Gasteiger charge is -2.27. The minimum absolute atomic E-state index is 0.202. The van der Waals surface area contributed by atoms with Crippen LogP contribution in [0.15, 0.2) is 42.5 Å². The molecule has 1 unspecified atom stereocenters. The molecule has 1 N–H and O–H groups in total. The molecule has 0 saturated heterocycles. The number of hydrogen-bond donors (Lipinski definition) is 1. The molecule has 1 amide bonds. The Morgan fingerprint density at radius 2 is 1.93 bits per heavy atom. The minimum atomic E-state index is -0.519. The van der Waals surface area contributed by atoms with E-state index < -0.39 is 6.04 Å². The Hall–Kier alpha value is -3.06. The zero-order chi connectivity index (χ0) is 21.2. The molecule has 0 aromatic heterocycles. The van der Waals surface area contributed by atoms with Gasteiger partial charge in [0.2, 0.25) is 5.91 Å². The van der Waals surface area contributed by atoms with Gasteiger partial charge in [-0.05, 0) is 37.2 Å². The van der Waals surface area contributed by atoms with Crippen molar-refractivity contribution in [3.8, 4) is 5.75 Å². The second-order valence-electron chi connectivity index (χ2n) is 6.65. The van der Waals surface area contributed by atoms with Crippen LogP contribution in [0.3, 0.4) is 0 Å². The van der Waals surface area contributed by atoms with Gasteiger partial charge in [0, 0.05) is 31.1 Å². The van der Waals surface area contributed by atoms with E-state index in [0.717, 1.165) is 18.1 Å². The Morgan fingerprint density at radius 3 is 2.55 bits per heavy atom. The molecule has 6 nitrogen and oxygen atoms in total. The second-order valence-corrected chi connectivity index (χ2v) is 6.65. The molecule has 2 rings (SSSR count). The van der Waals surface area contributed by atoms with Crippen molar-refractivity contribution >= 4 is 18.5 Å². The largest absolute Gasteiger partial charge is 0.489 e. The summed E-state index contributed by atoms with van der Waals surface area (Å²) in [7, 11) is 3.30. The highest BCUT2D eigenvalue weighted by Crippen LogP contribution is 2.25. The van der Waals surface area contributed by atoms with E-state index in [4.69, 9.17) is 4.74 Å². The molecule has 0 aliphatic carbocycles. The number of ether oxygens (including phenoxy) is 1. The summed E-state index contributed by atoms with van der Waals surface area (Å²) in [4.78, 5) is 36.3. The summed E-state index contributed by atoms with van der Waals surface area (Å²) < 4.78 is 19.0. The van der Waals surface area contributed by atoms with E-state index >= 15 is 0 Å². The van der Waals surface area contributed by atoms with E-state index in [9.17, 15) is 18.8 Å². The zero-order valence-corrected chi connectivity index (χ0v) is 16.6. The predicted octanol–water partition coefficient (Wildman–Crippen LogP) is 2.74. The monoisotopic (exact) mass is 400 g/mol. The summed E-state index contributed by atoms with van der Waals surface area (Å²) in [6.45, 7) is 0.494. The summed E-state index contributed by atoms with van der Waals surface area (Å²) in [6, 6.07) is 10.6. The first-order valence-electron chi connectivity index (χ1n) is 9.30. The van der Waals surface area contributed by atoms with Crippen molar-refractivity contribution in [2.24, 2.45) is 0 Å². The minimum Gasteiger partial charge on any atom is -0.489 e. The van der Waals surface area contributed by atoms with Gasteiger partial charge < -0.3 is 14.8 Å². The van der Waals surface area contributed by atoms with Crippen LogP contribution in [0, 0.1) is 5.82 Å². The SMILES string of the molecule is CNC(=O)C(CCC=O)N(C)Cc1c(C=O)cccc1OCc1ccc(F)cc1. The number of rotatable bonds is 11. The molecule has 0 aliphatic rings. The Morgan fingerprint density at radius 1 is 1.21 bits per heavy atom. The maximum atomic E-state index is 13.1. The van der Waals surface area contributed by atoms with Crippen LogP contribution in [0.25, 0.3) is 0 Å². The summed E-state index contributed by atoms with van der Waals surface area (Å²) >= 11 is 0. The summed E-state index contributed by atoms with van der Waals surface area (Å²) in [5, 5.41) is 2.61. The topological polar surface area (TPSA) is 75.7 Å². The molecule has 0 radical (unpaired) electrons. The first-order valence-corrected chi connectivity index (χ1v) is 9.30. The summed E-state index contributed by atoms with van der Waals surface area (Å²) in [5.41, 5.74) is 1.89. The van der Waals surface area contributed by atoms with E-state index in [1.807, 2.05) is 0 Å². The highest BCUT2D eigenvalue weighted by atomic mass is 19.1. The normalized spacial score (nSPS) is 11.7. The third kappa shape index (κ3) is 6.22. The molecule has 1 atom stereocenters. The Bertz CT molecular complexity index is 839. The highest BCUT2D eigenvalue weighted by Gasteiger charge is 2.24. The van der Waals surface area contributed by atoms with Gasteiger partial charge in [-0.2, -0.15) is 0 Å². The average Bonchev–Trinajstić information content (AvgIpc) is 2.74. The van der Waals surface area contributed by atoms with Crippen LogP contribution in [0.4, 0.5) is 4.39 Å². The smallest absolute Gasteiger partial charge is 0.237 e. The maximum absolute atomic E-state index is 13.1.